The van der Waals surface area contributed by atoms with Crippen molar-refractivity contribution in [3.05, 3.63) is 11.6 Å². The first-order chi connectivity index (χ1) is 10.8. The molecule has 23 heavy (non-hydrogen) atoms. The average Bonchev–Trinajstić information content (AvgIpc) is 2.73. The smallest absolute Gasteiger partial charge is 0.0724 e. The molecule has 0 saturated heterocycles. The van der Waals surface area contributed by atoms with Crippen LogP contribution in [0.5, 0.6) is 0 Å². The fourth-order valence-corrected chi connectivity index (χ4v) is 7.99. The molecular formula is C19H29IO3. The van der Waals surface area contributed by atoms with Crippen LogP contribution in [0.25, 0.3) is 0 Å². The number of rotatable bonds is 0. The second kappa shape index (κ2) is 5.42. The van der Waals surface area contributed by atoms with Gasteiger partial charge in [-0.05, 0) is 67.1 Å². The van der Waals surface area contributed by atoms with Crippen molar-refractivity contribution in [1.29, 1.82) is 0 Å². The fraction of sp³-hybridized carbons (Fsp3) is 0.895. The van der Waals surface area contributed by atoms with Gasteiger partial charge in [-0.2, -0.15) is 0 Å². The van der Waals surface area contributed by atoms with Gasteiger partial charge in [-0.25, -0.2) is 0 Å². The Morgan fingerprint density at radius 2 is 1.83 bits per heavy atom. The van der Waals surface area contributed by atoms with Gasteiger partial charge in [0.2, 0.25) is 0 Å². The van der Waals surface area contributed by atoms with E-state index in [0.29, 0.717) is 28.1 Å². The molecule has 4 aliphatic carbocycles. The quantitative estimate of drug-likeness (QED) is 0.313. The minimum absolute atomic E-state index is 0.0280. The van der Waals surface area contributed by atoms with Crippen LogP contribution in [0.3, 0.4) is 0 Å². The second-order valence-electron chi connectivity index (χ2n) is 9.02. The predicted molar refractivity (Wildman–Crippen MR) is 98.3 cm³/mol. The normalized spacial score (nSPS) is 58.9. The largest absolute Gasteiger partial charge is 0.392 e. The van der Waals surface area contributed by atoms with Gasteiger partial charge in [-0.3, -0.25) is 0 Å². The van der Waals surface area contributed by atoms with Gasteiger partial charge in [-0.1, -0.05) is 48.1 Å². The number of hydrogen-bond acceptors (Lipinski definition) is 3. The molecule has 3 fully saturated rings. The highest BCUT2D eigenvalue weighted by Gasteiger charge is 2.62. The number of fused-ring (bicyclic) bond motifs is 5. The topological polar surface area (TPSA) is 60.7 Å². The summed E-state index contributed by atoms with van der Waals surface area (Å²) in [7, 11) is 0. The third-order valence-electron chi connectivity index (χ3n) is 8.05. The molecule has 0 spiro atoms. The molecular weight excluding hydrogens is 403 g/mol. The summed E-state index contributed by atoms with van der Waals surface area (Å²) in [5.41, 5.74) is 1.40. The van der Waals surface area contributed by atoms with E-state index in [1.54, 1.807) is 0 Å². The minimum atomic E-state index is -0.331. The van der Waals surface area contributed by atoms with Gasteiger partial charge >= 0.3 is 0 Å². The Morgan fingerprint density at radius 3 is 2.57 bits per heavy atom. The summed E-state index contributed by atoms with van der Waals surface area (Å²) in [6, 6.07) is 0. The Labute approximate surface area is 152 Å². The molecule has 0 aromatic rings. The van der Waals surface area contributed by atoms with Gasteiger partial charge in [0, 0.05) is 3.92 Å². The van der Waals surface area contributed by atoms with Crippen molar-refractivity contribution >= 4 is 22.6 Å². The number of aliphatic hydroxyl groups is 3. The first-order valence-electron chi connectivity index (χ1n) is 9.17. The third-order valence-corrected chi connectivity index (χ3v) is 9.24. The molecule has 0 aliphatic heterocycles. The maximum absolute atomic E-state index is 11.0. The fourth-order valence-electron chi connectivity index (χ4n) is 6.62. The van der Waals surface area contributed by atoms with Crippen molar-refractivity contribution < 1.29 is 15.3 Å². The maximum Gasteiger partial charge on any atom is 0.0724 e. The van der Waals surface area contributed by atoms with Crippen LogP contribution >= 0.6 is 22.6 Å². The van der Waals surface area contributed by atoms with Crippen molar-refractivity contribution in [2.75, 3.05) is 0 Å². The number of alkyl halides is 1. The van der Waals surface area contributed by atoms with Crippen LogP contribution in [-0.4, -0.2) is 37.6 Å². The summed E-state index contributed by atoms with van der Waals surface area (Å²) in [5.74, 6) is 1.23. The van der Waals surface area contributed by atoms with E-state index in [0.717, 1.165) is 32.1 Å². The molecule has 0 radical (unpaired) electrons. The van der Waals surface area contributed by atoms with Gasteiger partial charge in [-0.15, -0.1) is 0 Å². The Bertz CT molecular complexity index is 535. The maximum atomic E-state index is 11.0. The summed E-state index contributed by atoms with van der Waals surface area (Å²) in [6.07, 6.45) is 6.94. The van der Waals surface area contributed by atoms with E-state index in [-0.39, 0.29) is 29.1 Å². The van der Waals surface area contributed by atoms with E-state index < -0.39 is 0 Å². The molecule has 0 heterocycles. The Kier molecular flexibility index (Phi) is 3.96. The van der Waals surface area contributed by atoms with Crippen LogP contribution in [0.4, 0.5) is 0 Å². The van der Waals surface area contributed by atoms with Crippen molar-refractivity contribution in [2.45, 2.75) is 74.6 Å². The molecule has 4 rings (SSSR count). The molecule has 3 N–H and O–H groups in total. The first-order valence-corrected chi connectivity index (χ1v) is 10.4. The molecule has 3 nitrogen and oxygen atoms in total. The highest BCUT2D eigenvalue weighted by molar-refractivity contribution is 14.1. The molecule has 9 atom stereocenters. The van der Waals surface area contributed by atoms with E-state index in [1.165, 1.54) is 5.57 Å². The van der Waals surface area contributed by atoms with E-state index in [1.807, 2.05) is 6.08 Å². The third kappa shape index (κ3) is 2.24. The molecule has 4 unspecified atom stereocenters. The molecule has 4 heteroatoms. The van der Waals surface area contributed by atoms with Crippen molar-refractivity contribution in [3.63, 3.8) is 0 Å². The highest BCUT2D eigenvalue weighted by atomic mass is 127. The number of hydrogen-bond donors (Lipinski definition) is 3. The monoisotopic (exact) mass is 432 g/mol. The van der Waals surface area contributed by atoms with Crippen LogP contribution in [0.2, 0.25) is 0 Å². The lowest BCUT2D eigenvalue weighted by Gasteiger charge is -2.59. The molecule has 0 amide bonds. The lowest BCUT2D eigenvalue weighted by Crippen LogP contribution is -2.56. The summed E-state index contributed by atoms with van der Waals surface area (Å²) >= 11 is 2.41. The predicted octanol–water partition coefficient (Wildman–Crippen LogP) is 3.06. The summed E-state index contributed by atoms with van der Waals surface area (Å²) in [5, 5.41) is 31.7. The van der Waals surface area contributed by atoms with Gasteiger partial charge in [0.1, 0.15) is 0 Å². The lowest BCUT2D eigenvalue weighted by atomic mass is 9.46. The van der Waals surface area contributed by atoms with Gasteiger partial charge in [0.25, 0.3) is 0 Å². The van der Waals surface area contributed by atoms with E-state index in [4.69, 9.17) is 0 Å². The van der Waals surface area contributed by atoms with Gasteiger partial charge in [0.05, 0.1) is 18.3 Å². The standard InChI is InChI=1S/C19H29IO3/c1-18-5-3-11(21)7-10(18)8-15(22)16-12(18)4-6-19(2)13(16)9-14(20)17(19)23/h7,11-17,21-23H,3-6,8-9H2,1-2H3/t11?,12-,13+,14?,15?,16-,17?,18+,19+/m1/s1. The van der Waals surface area contributed by atoms with Crippen molar-refractivity contribution in [3.8, 4) is 0 Å². The number of halogens is 1. The zero-order chi connectivity index (χ0) is 16.6. The zero-order valence-corrected chi connectivity index (χ0v) is 16.2. The summed E-state index contributed by atoms with van der Waals surface area (Å²) in [4.78, 5) is 0. The van der Waals surface area contributed by atoms with Gasteiger partial charge in [0.15, 0.2) is 0 Å². The van der Waals surface area contributed by atoms with E-state index in [2.05, 4.69) is 36.4 Å². The molecule has 0 bridgehead atoms. The Morgan fingerprint density at radius 1 is 1.09 bits per heavy atom. The van der Waals surface area contributed by atoms with Crippen LogP contribution in [0.15, 0.2) is 11.6 Å². The Balaban J connectivity index is 1.73. The second-order valence-corrected chi connectivity index (χ2v) is 10.6. The molecule has 4 aliphatic rings. The number of aliphatic hydroxyl groups excluding tert-OH is 3. The SMILES string of the molecule is C[C@]12CCC(O)C=C1CC(O)[C@@H]1[C@H]2CC[C@]2(C)C(O)C(I)C[C@@H]12. The van der Waals surface area contributed by atoms with Crippen LogP contribution in [0.1, 0.15) is 52.4 Å². The van der Waals surface area contributed by atoms with Crippen LogP contribution < -0.4 is 0 Å². The molecule has 130 valence electrons. The minimum Gasteiger partial charge on any atom is -0.392 e. The van der Waals surface area contributed by atoms with Crippen molar-refractivity contribution in [1.82, 2.24) is 0 Å². The average molecular weight is 432 g/mol. The van der Waals surface area contributed by atoms with E-state index >= 15 is 0 Å². The van der Waals surface area contributed by atoms with Crippen LogP contribution in [0, 0.1) is 28.6 Å². The first kappa shape index (κ1) is 16.8. The summed E-state index contributed by atoms with van der Waals surface area (Å²) in [6.45, 7) is 4.62. The van der Waals surface area contributed by atoms with Crippen LogP contribution in [-0.2, 0) is 0 Å². The molecule has 3 saturated carbocycles. The van der Waals surface area contributed by atoms with Crippen molar-refractivity contribution in [2.24, 2.45) is 28.6 Å². The zero-order valence-electron chi connectivity index (χ0n) is 14.1. The van der Waals surface area contributed by atoms with Gasteiger partial charge < -0.3 is 15.3 Å². The summed E-state index contributed by atoms with van der Waals surface area (Å²) < 4.78 is 0.312. The van der Waals surface area contributed by atoms with E-state index in [9.17, 15) is 15.3 Å². The highest BCUT2D eigenvalue weighted by Crippen LogP contribution is 2.66. The lowest BCUT2D eigenvalue weighted by molar-refractivity contribution is -0.121. The molecule has 0 aromatic carbocycles. The molecule has 0 aromatic heterocycles. The Hall–Kier alpha value is 0.350.